The molecule has 2 heteroatoms. The van der Waals surface area contributed by atoms with Crippen LogP contribution in [0.2, 0.25) is 0 Å². The average Bonchev–Trinajstić information content (AvgIpc) is 2.24. The Morgan fingerprint density at radius 1 is 1.06 bits per heavy atom. The van der Waals surface area contributed by atoms with Gasteiger partial charge in [-0.15, -0.1) is 0 Å². The molecule has 17 heavy (non-hydrogen) atoms. The van der Waals surface area contributed by atoms with Gasteiger partial charge in [0, 0.05) is 12.0 Å². The molecule has 0 fully saturated rings. The smallest absolute Gasteiger partial charge is 0.0931 e. The largest absolute Gasteiger partial charge is 0.381 e. The summed E-state index contributed by atoms with van der Waals surface area (Å²) >= 11 is 0. The first-order chi connectivity index (χ1) is 7.81. The Labute approximate surface area is 105 Å². The van der Waals surface area contributed by atoms with Crippen molar-refractivity contribution in [3.8, 4) is 0 Å². The minimum atomic E-state index is 0.0341. The average molecular weight is 235 g/mol. The molecule has 0 saturated heterocycles. The van der Waals surface area contributed by atoms with Crippen LogP contribution >= 0.6 is 0 Å². The minimum absolute atomic E-state index is 0.0341. The van der Waals surface area contributed by atoms with E-state index in [4.69, 9.17) is 5.11 Å². The molecule has 96 valence electrons. The van der Waals surface area contributed by atoms with Crippen LogP contribution in [-0.4, -0.2) is 18.4 Å². The van der Waals surface area contributed by atoms with Gasteiger partial charge in [-0.2, -0.15) is 0 Å². The molecule has 0 aliphatic rings. The Morgan fingerprint density at radius 3 is 1.94 bits per heavy atom. The van der Waals surface area contributed by atoms with E-state index in [1.54, 1.807) is 0 Å². The fourth-order valence-electron chi connectivity index (χ4n) is 2.69. The van der Waals surface area contributed by atoms with Crippen LogP contribution in [0.1, 0.15) is 41.7 Å². The number of nitrogens with one attached hydrogen (secondary N) is 1. The Balaban J connectivity index is 3.29. The van der Waals surface area contributed by atoms with E-state index < -0.39 is 0 Å². The maximum atomic E-state index is 8.91. The Morgan fingerprint density at radius 2 is 1.53 bits per heavy atom. The molecule has 1 rings (SSSR count). The summed E-state index contributed by atoms with van der Waals surface area (Å²) in [5, 5.41) is 11.9. The lowest BCUT2D eigenvalue weighted by Crippen LogP contribution is -2.35. The first-order valence-corrected chi connectivity index (χ1v) is 6.20. The molecule has 1 aromatic rings. The second-order valence-electron chi connectivity index (χ2n) is 5.60. The summed E-state index contributed by atoms with van der Waals surface area (Å²) in [5.41, 5.74) is 6.89. The van der Waals surface area contributed by atoms with Crippen LogP contribution in [0.3, 0.4) is 0 Å². The summed E-state index contributed by atoms with van der Waals surface area (Å²) < 4.78 is 0. The standard InChI is InChI=1S/C15H25NO/c1-10-7-11(2)13(4)14(12(10)3)15(5,6)8-16-9-17/h7,16-17H,8-9H2,1-6H3. The van der Waals surface area contributed by atoms with E-state index in [0.29, 0.717) is 0 Å². The van der Waals surface area contributed by atoms with E-state index in [1.807, 2.05) is 0 Å². The molecule has 2 N–H and O–H groups in total. The molecule has 1 aromatic carbocycles. The van der Waals surface area contributed by atoms with E-state index >= 15 is 0 Å². The number of aliphatic hydroxyl groups excluding tert-OH is 1. The van der Waals surface area contributed by atoms with Gasteiger partial charge in [-0.25, -0.2) is 0 Å². The molecule has 0 aliphatic carbocycles. The van der Waals surface area contributed by atoms with Crippen molar-refractivity contribution in [1.29, 1.82) is 0 Å². The van der Waals surface area contributed by atoms with E-state index in [2.05, 4.69) is 52.9 Å². The molecular formula is C15H25NO. The normalized spacial score (nSPS) is 11.9. The van der Waals surface area contributed by atoms with Crippen molar-refractivity contribution >= 4 is 0 Å². The van der Waals surface area contributed by atoms with Crippen molar-refractivity contribution < 1.29 is 5.11 Å². The molecule has 0 heterocycles. The number of benzene rings is 1. The maximum Gasteiger partial charge on any atom is 0.0931 e. The van der Waals surface area contributed by atoms with Crippen LogP contribution in [0.5, 0.6) is 0 Å². The van der Waals surface area contributed by atoms with Crippen molar-refractivity contribution in [2.24, 2.45) is 0 Å². The van der Waals surface area contributed by atoms with E-state index in [9.17, 15) is 0 Å². The Kier molecular flexibility index (Phi) is 4.34. The highest BCUT2D eigenvalue weighted by molar-refractivity contribution is 5.47. The van der Waals surface area contributed by atoms with Gasteiger partial charge in [0.05, 0.1) is 6.73 Å². The van der Waals surface area contributed by atoms with Gasteiger partial charge in [-0.1, -0.05) is 19.9 Å². The number of rotatable bonds is 4. The highest BCUT2D eigenvalue weighted by atomic mass is 16.3. The summed E-state index contributed by atoms with van der Waals surface area (Å²) in [4.78, 5) is 0. The van der Waals surface area contributed by atoms with Gasteiger partial charge in [0.25, 0.3) is 0 Å². The number of aliphatic hydroxyl groups is 1. The molecule has 0 atom stereocenters. The van der Waals surface area contributed by atoms with Crippen molar-refractivity contribution in [1.82, 2.24) is 5.32 Å². The molecule has 0 saturated carbocycles. The predicted molar refractivity (Wildman–Crippen MR) is 73.5 cm³/mol. The molecule has 0 bridgehead atoms. The molecule has 0 spiro atoms. The first-order valence-electron chi connectivity index (χ1n) is 6.20. The van der Waals surface area contributed by atoms with Crippen molar-refractivity contribution in [2.75, 3.05) is 13.3 Å². The van der Waals surface area contributed by atoms with Gasteiger partial charge in [0.1, 0.15) is 0 Å². The third-order valence-electron chi connectivity index (χ3n) is 3.72. The zero-order valence-electron chi connectivity index (χ0n) is 11.9. The van der Waals surface area contributed by atoms with E-state index in [1.165, 1.54) is 27.8 Å². The lowest BCUT2D eigenvalue weighted by molar-refractivity contribution is 0.247. The van der Waals surface area contributed by atoms with Gasteiger partial charge in [-0.05, 0) is 55.5 Å². The summed E-state index contributed by atoms with van der Waals surface area (Å²) in [6.07, 6.45) is 0. The number of hydrogen-bond acceptors (Lipinski definition) is 2. The highest BCUT2D eigenvalue weighted by Gasteiger charge is 2.25. The van der Waals surface area contributed by atoms with Crippen LogP contribution in [0.25, 0.3) is 0 Å². The first kappa shape index (κ1) is 14.2. The predicted octanol–water partition coefficient (Wildman–Crippen LogP) is 2.74. The van der Waals surface area contributed by atoms with Gasteiger partial charge < -0.3 is 5.11 Å². The summed E-state index contributed by atoms with van der Waals surface area (Å²) in [7, 11) is 0. The highest BCUT2D eigenvalue weighted by Crippen LogP contribution is 2.32. The molecule has 0 aliphatic heterocycles. The second-order valence-corrected chi connectivity index (χ2v) is 5.60. The van der Waals surface area contributed by atoms with Crippen LogP contribution in [0, 0.1) is 27.7 Å². The molecule has 0 radical (unpaired) electrons. The van der Waals surface area contributed by atoms with Crippen molar-refractivity contribution in [2.45, 2.75) is 47.0 Å². The number of hydrogen-bond donors (Lipinski definition) is 2. The molecule has 0 amide bonds. The SMILES string of the molecule is Cc1cc(C)c(C)c(C(C)(C)CNCO)c1C. The summed E-state index contributed by atoms with van der Waals surface area (Å²) in [5.74, 6) is 0. The van der Waals surface area contributed by atoms with Gasteiger partial charge in [0.15, 0.2) is 0 Å². The minimum Gasteiger partial charge on any atom is -0.381 e. The van der Waals surface area contributed by atoms with Crippen LogP contribution < -0.4 is 5.32 Å². The number of aryl methyl sites for hydroxylation is 2. The van der Waals surface area contributed by atoms with Crippen molar-refractivity contribution in [3.63, 3.8) is 0 Å². The fraction of sp³-hybridized carbons (Fsp3) is 0.600. The molecule has 0 unspecified atom stereocenters. The third-order valence-corrected chi connectivity index (χ3v) is 3.72. The molecule has 0 aromatic heterocycles. The van der Waals surface area contributed by atoms with Crippen LogP contribution in [0.4, 0.5) is 0 Å². The van der Waals surface area contributed by atoms with E-state index in [0.717, 1.165) is 6.54 Å². The van der Waals surface area contributed by atoms with E-state index in [-0.39, 0.29) is 12.1 Å². The topological polar surface area (TPSA) is 32.3 Å². The summed E-state index contributed by atoms with van der Waals surface area (Å²) in [6.45, 7) is 14.0. The van der Waals surface area contributed by atoms with Gasteiger partial charge in [0.2, 0.25) is 0 Å². The second kappa shape index (κ2) is 5.19. The molecule has 2 nitrogen and oxygen atoms in total. The van der Waals surface area contributed by atoms with Crippen LogP contribution in [-0.2, 0) is 5.41 Å². The monoisotopic (exact) mass is 235 g/mol. The zero-order valence-corrected chi connectivity index (χ0v) is 11.9. The third kappa shape index (κ3) is 2.88. The zero-order chi connectivity index (χ0) is 13.2. The quantitative estimate of drug-likeness (QED) is 0.787. The Hall–Kier alpha value is -0.860. The van der Waals surface area contributed by atoms with Crippen LogP contribution in [0.15, 0.2) is 6.07 Å². The van der Waals surface area contributed by atoms with Gasteiger partial charge >= 0.3 is 0 Å². The molecular weight excluding hydrogens is 210 g/mol. The van der Waals surface area contributed by atoms with Gasteiger partial charge in [-0.3, -0.25) is 5.32 Å². The van der Waals surface area contributed by atoms with Crippen molar-refractivity contribution in [3.05, 3.63) is 33.9 Å². The summed E-state index contributed by atoms with van der Waals surface area (Å²) in [6, 6.07) is 2.25. The fourth-order valence-corrected chi connectivity index (χ4v) is 2.69. The lowest BCUT2D eigenvalue weighted by atomic mass is 9.77. The maximum absolute atomic E-state index is 8.91. The Bertz CT molecular complexity index is 382. The lowest BCUT2D eigenvalue weighted by Gasteiger charge is -2.31.